The van der Waals surface area contributed by atoms with Crippen LogP contribution in [0.2, 0.25) is 0 Å². The first kappa shape index (κ1) is 22.5. The van der Waals surface area contributed by atoms with E-state index in [-0.39, 0.29) is 6.54 Å². The number of hydrogen-bond donors (Lipinski definition) is 2. The van der Waals surface area contributed by atoms with Gasteiger partial charge in [-0.25, -0.2) is 9.67 Å². The number of aliphatic hydroxyl groups is 1. The second-order valence-electron chi connectivity index (χ2n) is 7.37. The number of halogens is 3. The van der Waals surface area contributed by atoms with E-state index < -0.39 is 29.9 Å². The van der Waals surface area contributed by atoms with Crippen molar-refractivity contribution >= 4 is 5.91 Å². The van der Waals surface area contributed by atoms with Gasteiger partial charge < -0.3 is 15.0 Å². The third kappa shape index (κ3) is 4.96. The fourth-order valence-corrected chi connectivity index (χ4v) is 3.33. The fourth-order valence-electron chi connectivity index (χ4n) is 3.33. The molecule has 1 aromatic carbocycles. The highest BCUT2D eigenvalue weighted by Crippen LogP contribution is 2.40. The fraction of sp³-hybridized carbons (Fsp3) is 0.381. The quantitative estimate of drug-likeness (QED) is 0.533. The molecule has 0 saturated carbocycles. The van der Waals surface area contributed by atoms with Crippen molar-refractivity contribution in [3.8, 4) is 5.69 Å². The highest BCUT2D eigenvalue weighted by Gasteiger charge is 2.58. The van der Waals surface area contributed by atoms with Crippen LogP contribution in [-0.4, -0.2) is 43.1 Å². The Hall–Kier alpha value is -3.14. The van der Waals surface area contributed by atoms with Gasteiger partial charge in [-0.05, 0) is 37.5 Å². The molecule has 3 rings (SSSR count). The zero-order valence-electron chi connectivity index (χ0n) is 17.2. The van der Waals surface area contributed by atoms with Crippen molar-refractivity contribution in [1.29, 1.82) is 0 Å². The van der Waals surface area contributed by atoms with Crippen LogP contribution in [0.5, 0.6) is 0 Å². The van der Waals surface area contributed by atoms with Crippen LogP contribution in [0.4, 0.5) is 13.2 Å². The minimum absolute atomic E-state index is 0.170. The third-order valence-corrected chi connectivity index (χ3v) is 5.04. The van der Waals surface area contributed by atoms with E-state index in [1.165, 1.54) is 13.2 Å². The molecule has 3 aromatic rings. The van der Waals surface area contributed by atoms with E-state index in [9.17, 15) is 23.1 Å². The lowest BCUT2D eigenvalue weighted by Gasteiger charge is -2.29. The van der Waals surface area contributed by atoms with Gasteiger partial charge in [0.25, 0.3) is 0 Å². The number of para-hydroxylation sites is 1. The van der Waals surface area contributed by atoms with Crippen LogP contribution in [-0.2, 0) is 23.9 Å². The molecular weight excluding hydrogens is 411 g/mol. The second kappa shape index (κ2) is 8.93. The zero-order valence-corrected chi connectivity index (χ0v) is 17.2. The summed E-state index contributed by atoms with van der Waals surface area (Å²) in [4.78, 5) is 15.7. The summed E-state index contributed by atoms with van der Waals surface area (Å²) in [7, 11) is 1.33. The van der Waals surface area contributed by atoms with Crippen LogP contribution in [0, 0.1) is 6.92 Å². The van der Waals surface area contributed by atoms with Crippen molar-refractivity contribution in [3.63, 3.8) is 0 Å². The van der Waals surface area contributed by atoms with Gasteiger partial charge in [0.2, 0.25) is 11.5 Å². The molecule has 166 valence electrons. The molecule has 0 aliphatic heterocycles. The number of nitrogens with one attached hydrogen (secondary N) is 1. The van der Waals surface area contributed by atoms with E-state index in [0.717, 1.165) is 27.7 Å². The lowest BCUT2D eigenvalue weighted by Crippen LogP contribution is -2.48. The lowest BCUT2D eigenvalue weighted by molar-refractivity contribution is -0.271. The van der Waals surface area contributed by atoms with Gasteiger partial charge in [0.1, 0.15) is 0 Å². The molecule has 0 saturated heterocycles. The number of aryl methyl sites for hydroxylation is 3. The summed E-state index contributed by atoms with van der Waals surface area (Å²) in [5.74, 6) is -1.53. The second-order valence-corrected chi connectivity index (χ2v) is 7.37. The van der Waals surface area contributed by atoms with Crippen molar-refractivity contribution < 1.29 is 23.1 Å². The number of imidazole rings is 1. The van der Waals surface area contributed by atoms with Crippen LogP contribution in [0.15, 0.2) is 48.9 Å². The SMILES string of the molecule is Cc1nn(-c2ccccc2)cc1CCCNC(=O)CC(O)(c1nccn1C)C(F)(F)F. The minimum atomic E-state index is -5.05. The first-order chi connectivity index (χ1) is 14.6. The summed E-state index contributed by atoms with van der Waals surface area (Å²) in [6.45, 7) is 2.05. The van der Waals surface area contributed by atoms with Crippen LogP contribution < -0.4 is 5.32 Å². The molecule has 7 nitrogen and oxygen atoms in total. The first-order valence-corrected chi connectivity index (χ1v) is 9.76. The van der Waals surface area contributed by atoms with E-state index >= 15 is 0 Å². The van der Waals surface area contributed by atoms with Gasteiger partial charge in [-0.3, -0.25) is 4.79 Å². The molecule has 2 heterocycles. The number of carbonyl (C=O) groups is 1. The number of nitrogens with zero attached hydrogens (tertiary/aromatic N) is 4. The number of alkyl halides is 3. The van der Waals surface area contributed by atoms with Gasteiger partial charge in [0.15, 0.2) is 5.82 Å². The third-order valence-electron chi connectivity index (χ3n) is 5.04. The molecule has 1 unspecified atom stereocenters. The van der Waals surface area contributed by atoms with E-state index in [0.29, 0.717) is 12.8 Å². The Kier molecular flexibility index (Phi) is 6.49. The Morgan fingerprint density at radius 2 is 1.94 bits per heavy atom. The molecule has 0 aliphatic carbocycles. The van der Waals surface area contributed by atoms with Crippen molar-refractivity contribution in [2.24, 2.45) is 7.05 Å². The Bertz CT molecular complexity index is 1030. The van der Waals surface area contributed by atoms with Gasteiger partial charge in [-0.15, -0.1) is 0 Å². The van der Waals surface area contributed by atoms with E-state index in [1.807, 2.05) is 43.5 Å². The highest BCUT2D eigenvalue weighted by molar-refractivity contribution is 5.77. The molecule has 2 N–H and O–H groups in total. The number of benzene rings is 1. The largest absolute Gasteiger partial charge is 0.425 e. The monoisotopic (exact) mass is 435 g/mol. The van der Waals surface area contributed by atoms with Crippen molar-refractivity contribution in [1.82, 2.24) is 24.6 Å². The Morgan fingerprint density at radius 1 is 1.23 bits per heavy atom. The first-order valence-electron chi connectivity index (χ1n) is 9.76. The van der Waals surface area contributed by atoms with Gasteiger partial charge in [-0.1, -0.05) is 18.2 Å². The van der Waals surface area contributed by atoms with E-state index in [1.54, 1.807) is 4.68 Å². The number of amides is 1. The lowest BCUT2D eigenvalue weighted by atomic mass is 9.97. The zero-order chi connectivity index (χ0) is 22.6. The molecule has 2 aromatic heterocycles. The molecule has 0 bridgehead atoms. The maximum atomic E-state index is 13.5. The van der Waals surface area contributed by atoms with Crippen molar-refractivity contribution in [2.45, 2.75) is 38.0 Å². The number of hydrogen-bond acceptors (Lipinski definition) is 4. The van der Waals surface area contributed by atoms with Crippen LogP contribution >= 0.6 is 0 Å². The van der Waals surface area contributed by atoms with Crippen molar-refractivity contribution in [2.75, 3.05) is 6.54 Å². The average Bonchev–Trinajstić information content (AvgIpc) is 3.31. The normalized spacial score (nSPS) is 13.7. The molecule has 10 heteroatoms. The van der Waals surface area contributed by atoms with Crippen molar-refractivity contribution in [3.05, 3.63) is 66.0 Å². The Balaban J connectivity index is 1.56. The summed E-state index contributed by atoms with van der Waals surface area (Å²) >= 11 is 0. The predicted octanol–water partition coefficient (Wildman–Crippen LogP) is 2.80. The Labute approximate surface area is 177 Å². The van der Waals surface area contributed by atoms with Crippen LogP contribution in [0.1, 0.15) is 29.9 Å². The number of carbonyl (C=O) groups excluding carboxylic acids is 1. The molecule has 0 fully saturated rings. The standard InChI is InChI=1S/C21H24F3N5O2/c1-15-16(14-29(27-15)17-8-4-3-5-9-17)7-6-10-25-18(30)13-20(31,21(22,23)24)19-26-11-12-28(19)2/h3-5,8-9,11-12,14,31H,6-7,10,13H2,1-2H3,(H,25,30). The molecule has 0 radical (unpaired) electrons. The maximum absolute atomic E-state index is 13.5. The van der Waals surface area contributed by atoms with Gasteiger partial charge in [-0.2, -0.15) is 18.3 Å². The van der Waals surface area contributed by atoms with Gasteiger partial charge in [0, 0.05) is 32.2 Å². The van der Waals surface area contributed by atoms with Gasteiger partial charge >= 0.3 is 6.18 Å². The number of aromatic nitrogens is 4. The molecule has 0 aliphatic rings. The summed E-state index contributed by atoms with van der Waals surface area (Å²) in [6, 6.07) is 9.60. The van der Waals surface area contributed by atoms with Gasteiger partial charge in [0.05, 0.1) is 17.8 Å². The highest BCUT2D eigenvalue weighted by atomic mass is 19.4. The predicted molar refractivity (Wildman–Crippen MR) is 107 cm³/mol. The Morgan fingerprint density at radius 3 is 2.55 bits per heavy atom. The number of rotatable bonds is 8. The van der Waals surface area contributed by atoms with Crippen LogP contribution in [0.3, 0.4) is 0 Å². The molecule has 1 atom stereocenters. The summed E-state index contributed by atoms with van der Waals surface area (Å²) in [5.41, 5.74) is -0.608. The topological polar surface area (TPSA) is 85.0 Å². The van der Waals surface area contributed by atoms with E-state index in [2.05, 4.69) is 15.4 Å². The summed E-state index contributed by atoms with van der Waals surface area (Å²) in [5, 5.41) is 17.2. The molecule has 0 spiro atoms. The smallest absolute Gasteiger partial charge is 0.374 e. The maximum Gasteiger partial charge on any atom is 0.425 e. The summed E-state index contributed by atoms with van der Waals surface area (Å²) < 4.78 is 43.3. The summed E-state index contributed by atoms with van der Waals surface area (Å²) in [6.07, 6.45) is -0.777. The molecule has 1 amide bonds. The molecule has 31 heavy (non-hydrogen) atoms. The average molecular weight is 435 g/mol. The van der Waals surface area contributed by atoms with E-state index in [4.69, 9.17) is 0 Å². The minimum Gasteiger partial charge on any atom is -0.374 e. The van der Waals surface area contributed by atoms with Crippen LogP contribution in [0.25, 0.3) is 5.69 Å². The molecular formula is C21H24F3N5O2.